The molecular formula is C18H18FN3O2. The number of fused-ring (bicyclic) bond motifs is 1. The first-order valence-electron chi connectivity index (χ1n) is 7.59. The van der Waals surface area contributed by atoms with Crippen molar-refractivity contribution >= 4 is 16.8 Å². The monoisotopic (exact) mass is 327 g/mol. The number of ether oxygens (including phenoxy) is 1. The Morgan fingerprint density at radius 1 is 1.33 bits per heavy atom. The molecule has 3 aromatic rings. The highest BCUT2D eigenvalue weighted by Gasteiger charge is 2.13. The second-order valence-electron chi connectivity index (χ2n) is 5.58. The number of halogens is 1. The molecule has 24 heavy (non-hydrogen) atoms. The van der Waals surface area contributed by atoms with Crippen molar-refractivity contribution < 1.29 is 13.9 Å². The van der Waals surface area contributed by atoms with E-state index in [1.807, 2.05) is 13.0 Å². The number of carbonyl (C=O) groups excluding carboxylic acids is 1. The summed E-state index contributed by atoms with van der Waals surface area (Å²) < 4.78 is 18.5. The van der Waals surface area contributed by atoms with Gasteiger partial charge in [-0.15, -0.1) is 0 Å². The summed E-state index contributed by atoms with van der Waals surface area (Å²) in [6.07, 6.45) is 1.82. The van der Waals surface area contributed by atoms with Gasteiger partial charge in [0.2, 0.25) is 11.8 Å². The molecule has 0 fully saturated rings. The Kier molecular flexibility index (Phi) is 4.46. The molecular weight excluding hydrogens is 309 g/mol. The molecule has 0 saturated heterocycles. The van der Waals surface area contributed by atoms with Gasteiger partial charge in [0.15, 0.2) is 0 Å². The Bertz CT molecular complexity index is 889. The molecule has 2 aromatic heterocycles. The average molecular weight is 327 g/mol. The first-order valence-corrected chi connectivity index (χ1v) is 7.59. The zero-order valence-corrected chi connectivity index (χ0v) is 13.5. The van der Waals surface area contributed by atoms with Crippen molar-refractivity contribution in [2.45, 2.75) is 19.9 Å². The summed E-state index contributed by atoms with van der Waals surface area (Å²) in [7, 11) is 1.55. The lowest BCUT2D eigenvalue weighted by Crippen LogP contribution is -2.24. The normalized spacial score (nSPS) is 10.8. The van der Waals surface area contributed by atoms with Crippen molar-refractivity contribution in [1.82, 2.24) is 15.3 Å². The number of carbonyl (C=O) groups is 1. The predicted octanol–water partition coefficient (Wildman–Crippen LogP) is 2.88. The van der Waals surface area contributed by atoms with Gasteiger partial charge in [-0.3, -0.25) is 4.79 Å². The highest BCUT2D eigenvalue weighted by Crippen LogP contribution is 2.23. The van der Waals surface area contributed by atoms with E-state index in [1.165, 1.54) is 12.1 Å². The van der Waals surface area contributed by atoms with Gasteiger partial charge in [-0.25, -0.2) is 9.37 Å². The van der Waals surface area contributed by atoms with E-state index in [0.29, 0.717) is 12.4 Å². The Labute approximate surface area is 138 Å². The van der Waals surface area contributed by atoms with Gasteiger partial charge in [0.25, 0.3) is 0 Å². The standard InChI is InChI=1S/C18H18FN3O2/c1-11-14(15-8-13(19)3-4-16(15)22-11)9-17(23)21-10-12-5-6-20-18(7-12)24-2/h3-8,22H,9-10H2,1-2H3,(H,21,23). The largest absolute Gasteiger partial charge is 0.481 e. The lowest BCUT2D eigenvalue weighted by atomic mass is 10.1. The van der Waals surface area contributed by atoms with Crippen LogP contribution in [-0.4, -0.2) is 23.0 Å². The Hall–Kier alpha value is -2.89. The fourth-order valence-corrected chi connectivity index (χ4v) is 2.68. The summed E-state index contributed by atoms with van der Waals surface area (Å²) in [5, 5.41) is 3.61. The van der Waals surface area contributed by atoms with Crippen LogP contribution in [0.2, 0.25) is 0 Å². The number of rotatable bonds is 5. The predicted molar refractivity (Wildman–Crippen MR) is 89.3 cm³/mol. The number of aromatic amines is 1. The number of hydrogen-bond acceptors (Lipinski definition) is 3. The molecule has 0 unspecified atom stereocenters. The van der Waals surface area contributed by atoms with Gasteiger partial charge in [-0.1, -0.05) is 0 Å². The van der Waals surface area contributed by atoms with Gasteiger partial charge < -0.3 is 15.0 Å². The van der Waals surface area contributed by atoms with Crippen molar-refractivity contribution in [3.63, 3.8) is 0 Å². The lowest BCUT2D eigenvalue weighted by Gasteiger charge is -2.07. The van der Waals surface area contributed by atoms with Crippen LogP contribution >= 0.6 is 0 Å². The molecule has 124 valence electrons. The number of nitrogens with zero attached hydrogens (tertiary/aromatic N) is 1. The van der Waals surface area contributed by atoms with Gasteiger partial charge in [-0.05, 0) is 42.3 Å². The second-order valence-corrected chi connectivity index (χ2v) is 5.58. The molecule has 0 radical (unpaired) electrons. The van der Waals surface area contributed by atoms with E-state index in [2.05, 4.69) is 15.3 Å². The number of pyridine rings is 1. The minimum Gasteiger partial charge on any atom is -0.481 e. The van der Waals surface area contributed by atoms with E-state index in [9.17, 15) is 9.18 Å². The molecule has 3 rings (SSSR count). The molecule has 0 aliphatic rings. The van der Waals surface area contributed by atoms with Crippen LogP contribution in [0, 0.1) is 12.7 Å². The Morgan fingerprint density at radius 2 is 2.17 bits per heavy atom. The summed E-state index contributed by atoms with van der Waals surface area (Å²) in [4.78, 5) is 19.5. The smallest absolute Gasteiger partial charge is 0.224 e. The van der Waals surface area contributed by atoms with Gasteiger partial charge in [0, 0.05) is 35.4 Å². The summed E-state index contributed by atoms with van der Waals surface area (Å²) in [6, 6.07) is 8.12. The van der Waals surface area contributed by atoms with Crippen LogP contribution in [0.1, 0.15) is 16.8 Å². The minimum atomic E-state index is -0.313. The van der Waals surface area contributed by atoms with E-state index in [0.717, 1.165) is 27.7 Å². The molecule has 2 N–H and O–H groups in total. The van der Waals surface area contributed by atoms with E-state index >= 15 is 0 Å². The number of hydrogen-bond donors (Lipinski definition) is 2. The van der Waals surface area contributed by atoms with Gasteiger partial charge in [0.1, 0.15) is 5.82 Å². The quantitative estimate of drug-likeness (QED) is 0.757. The van der Waals surface area contributed by atoms with Crippen LogP contribution in [0.5, 0.6) is 5.88 Å². The molecule has 0 aliphatic heterocycles. The topological polar surface area (TPSA) is 67.0 Å². The Balaban J connectivity index is 1.71. The number of aryl methyl sites for hydroxylation is 1. The maximum absolute atomic E-state index is 13.5. The van der Waals surface area contributed by atoms with Gasteiger partial charge in [0.05, 0.1) is 13.5 Å². The third kappa shape index (κ3) is 3.37. The number of methoxy groups -OCH3 is 1. The van der Waals surface area contributed by atoms with Crippen molar-refractivity contribution in [3.8, 4) is 5.88 Å². The summed E-state index contributed by atoms with van der Waals surface area (Å²) >= 11 is 0. The zero-order valence-electron chi connectivity index (χ0n) is 13.5. The third-order valence-electron chi connectivity index (χ3n) is 3.92. The van der Waals surface area contributed by atoms with E-state index in [-0.39, 0.29) is 18.1 Å². The number of H-pyrrole nitrogens is 1. The molecule has 0 spiro atoms. The number of amides is 1. The number of aromatic nitrogens is 2. The molecule has 2 heterocycles. The second kappa shape index (κ2) is 6.70. The first kappa shape index (κ1) is 16.0. The maximum atomic E-state index is 13.5. The molecule has 5 nitrogen and oxygen atoms in total. The summed E-state index contributed by atoms with van der Waals surface area (Å²) in [6.45, 7) is 2.27. The van der Waals surface area contributed by atoms with Gasteiger partial charge >= 0.3 is 0 Å². The van der Waals surface area contributed by atoms with Crippen LogP contribution in [0.25, 0.3) is 10.9 Å². The minimum absolute atomic E-state index is 0.126. The van der Waals surface area contributed by atoms with Crippen molar-refractivity contribution in [2.24, 2.45) is 0 Å². The van der Waals surface area contributed by atoms with E-state index < -0.39 is 0 Å². The zero-order chi connectivity index (χ0) is 17.1. The summed E-state index contributed by atoms with van der Waals surface area (Å²) in [5.74, 6) is 0.0655. The molecule has 0 aliphatic carbocycles. The van der Waals surface area contributed by atoms with E-state index in [4.69, 9.17) is 4.74 Å². The van der Waals surface area contributed by atoms with Gasteiger partial charge in [-0.2, -0.15) is 0 Å². The molecule has 1 amide bonds. The maximum Gasteiger partial charge on any atom is 0.224 e. The first-order chi connectivity index (χ1) is 11.6. The van der Waals surface area contributed by atoms with Crippen LogP contribution in [-0.2, 0) is 17.8 Å². The van der Waals surface area contributed by atoms with Crippen LogP contribution in [0.3, 0.4) is 0 Å². The average Bonchev–Trinajstić information content (AvgIpc) is 2.88. The highest BCUT2D eigenvalue weighted by molar-refractivity contribution is 5.90. The van der Waals surface area contributed by atoms with Crippen molar-refractivity contribution in [3.05, 3.63) is 59.2 Å². The lowest BCUT2D eigenvalue weighted by molar-refractivity contribution is -0.120. The molecule has 0 atom stereocenters. The molecule has 0 saturated carbocycles. The third-order valence-corrected chi connectivity index (χ3v) is 3.92. The fourth-order valence-electron chi connectivity index (χ4n) is 2.68. The van der Waals surface area contributed by atoms with Crippen LogP contribution < -0.4 is 10.1 Å². The van der Waals surface area contributed by atoms with E-state index in [1.54, 1.807) is 25.4 Å². The van der Waals surface area contributed by atoms with Crippen molar-refractivity contribution in [1.29, 1.82) is 0 Å². The van der Waals surface area contributed by atoms with Crippen LogP contribution in [0.4, 0.5) is 4.39 Å². The number of benzene rings is 1. The molecule has 0 bridgehead atoms. The molecule has 6 heteroatoms. The van der Waals surface area contributed by atoms with Crippen LogP contribution in [0.15, 0.2) is 36.5 Å². The number of nitrogens with one attached hydrogen (secondary N) is 2. The molecule has 1 aromatic carbocycles. The Morgan fingerprint density at radius 3 is 2.96 bits per heavy atom. The SMILES string of the molecule is COc1cc(CNC(=O)Cc2c(C)[nH]c3ccc(F)cc23)ccn1. The highest BCUT2D eigenvalue weighted by atomic mass is 19.1. The summed E-state index contributed by atoms with van der Waals surface area (Å²) in [5.41, 5.74) is 3.41. The fraction of sp³-hybridized carbons (Fsp3) is 0.222. The van der Waals surface area contributed by atoms with Crippen molar-refractivity contribution in [2.75, 3.05) is 7.11 Å².